The Morgan fingerprint density at radius 3 is 2.60 bits per heavy atom. The van der Waals surface area contributed by atoms with Crippen LogP contribution in [-0.4, -0.2) is 23.1 Å². The second kappa shape index (κ2) is 8.83. The minimum atomic E-state index is -0.232. The fourth-order valence-electron chi connectivity index (χ4n) is 2.65. The van der Waals surface area contributed by atoms with Crippen molar-refractivity contribution in [3.63, 3.8) is 0 Å². The van der Waals surface area contributed by atoms with E-state index < -0.39 is 0 Å². The molecule has 1 amide bonds. The second-order valence-electron chi connectivity index (χ2n) is 6.51. The van der Waals surface area contributed by atoms with E-state index in [0.717, 1.165) is 12.0 Å². The topological polar surface area (TPSA) is 77.1 Å². The maximum atomic E-state index is 12.5. The first-order chi connectivity index (χ1) is 11.9. The fraction of sp³-hybridized carbons (Fsp3) is 0.368. The van der Waals surface area contributed by atoms with Crippen LogP contribution in [0.5, 0.6) is 0 Å². The summed E-state index contributed by atoms with van der Waals surface area (Å²) in [6, 6.07) is 10.2. The Balaban J connectivity index is 2.19. The summed E-state index contributed by atoms with van der Waals surface area (Å²) in [4.78, 5) is 24.6. The fourth-order valence-corrected chi connectivity index (χ4v) is 2.85. The average Bonchev–Trinajstić information content (AvgIpc) is 2.57. The Morgan fingerprint density at radius 2 is 1.96 bits per heavy atom. The largest absolute Gasteiger partial charge is 0.348 e. The maximum Gasteiger partial charge on any atom is 0.253 e. The Bertz CT molecular complexity index is 786. The molecule has 1 heterocycles. The highest BCUT2D eigenvalue weighted by molar-refractivity contribution is 6.31. The number of amides is 1. The van der Waals surface area contributed by atoms with Crippen LogP contribution >= 0.6 is 11.6 Å². The number of benzene rings is 1. The van der Waals surface area contributed by atoms with Crippen molar-refractivity contribution in [3.05, 3.63) is 69.1 Å². The first kappa shape index (κ1) is 19.2. The zero-order valence-electron chi connectivity index (χ0n) is 14.5. The van der Waals surface area contributed by atoms with E-state index in [0.29, 0.717) is 29.6 Å². The maximum absolute atomic E-state index is 12.5. The zero-order chi connectivity index (χ0) is 18.4. The van der Waals surface area contributed by atoms with Gasteiger partial charge in [-0.3, -0.25) is 9.59 Å². The molecule has 0 radical (unpaired) electrons. The van der Waals surface area contributed by atoms with Crippen molar-refractivity contribution in [1.29, 1.82) is 0 Å². The third kappa shape index (κ3) is 5.44. The Labute approximate surface area is 152 Å². The molecule has 0 aliphatic heterocycles. The van der Waals surface area contributed by atoms with Gasteiger partial charge < -0.3 is 15.6 Å². The minimum Gasteiger partial charge on any atom is -0.348 e. The highest BCUT2D eigenvalue weighted by Gasteiger charge is 2.15. The van der Waals surface area contributed by atoms with Crippen LogP contribution in [0.3, 0.4) is 0 Å². The molecule has 0 bridgehead atoms. The summed E-state index contributed by atoms with van der Waals surface area (Å²) in [7, 11) is 0. The lowest BCUT2D eigenvalue weighted by Crippen LogP contribution is -2.41. The van der Waals surface area contributed by atoms with Gasteiger partial charge in [0.25, 0.3) is 11.5 Å². The number of nitrogens with one attached hydrogen (secondary N) is 1. The van der Waals surface area contributed by atoms with E-state index in [4.69, 9.17) is 17.3 Å². The van der Waals surface area contributed by atoms with Crippen LogP contribution in [0, 0.1) is 5.92 Å². The van der Waals surface area contributed by atoms with Gasteiger partial charge in [0, 0.05) is 29.9 Å². The van der Waals surface area contributed by atoms with E-state index in [1.165, 1.54) is 16.7 Å². The number of hydrogen-bond donors (Lipinski definition) is 2. The van der Waals surface area contributed by atoms with Crippen LogP contribution in [0.4, 0.5) is 0 Å². The second-order valence-corrected chi connectivity index (χ2v) is 6.92. The van der Waals surface area contributed by atoms with Crippen LogP contribution in [0.15, 0.2) is 47.4 Å². The van der Waals surface area contributed by atoms with Crippen molar-refractivity contribution in [2.75, 3.05) is 6.54 Å². The van der Waals surface area contributed by atoms with Crippen molar-refractivity contribution in [2.24, 2.45) is 11.7 Å². The molecular formula is C19H24ClN3O2. The van der Waals surface area contributed by atoms with Crippen molar-refractivity contribution in [2.45, 2.75) is 32.9 Å². The van der Waals surface area contributed by atoms with Gasteiger partial charge in [0.15, 0.2) is 0 Å². The molecule has 0 spiro atoms. The third-order valence-corrected chi connectivity index (χ3v) is 4.29. The standard InChI is InChI=1S/C19H24ClN3O2/c1-13(2)9-16(10-21)22-19(25)15-7-8-18(24)23(12-15)11-14-5-3-4-6-17(14)20/h3-8,12-13,16H,9-11,21H2,1-2H3,(H,22,25). The van der Waals surface area contributed by atoms with E-state index in [2.05, 4.69) is 19.2 Å². The van der Waals surface area contributed by atoms with E-state index in [9.17, 15) is 9.59 Å². The monoisotopic (exact) mass is 361 g/mol. The lowest BCUT2D eigenvalue weighted by atomic mass is 10.0. The molecule has 3 N–H and O–H groups in total. The van der Waals surface area contributed by atoms with Gasteiger partial charge >= 0.3 is 0 Å². The van der Waals surface area contributed by atoms with E-state index in [1.807, 2.05) is 18.2 Å². The minimum absolute atomic E-state index is 0.0866. The Kier molecular flexibility index (Phi) is 6.79. The van der Waals surface area contributed by atoms with Crippen LogP contribution in [-0.2, 0) is 6.54 Å². The predicted molar refractivity (Wildman–Crippen MR) is 101 cm³/mol. The highest BCUT2D eigenvalue weighted by Crippen LogP contribution is 2.15. The molecule has 1 aromatic carbocycles. The van der Waals surface area contributed by atoms with Crippen molar-refractivity contribution < 1.29 is 4.79 Å². The molecule has 6 heteroatoms. The molecule has 0 saturated heterocycles. The first-order valence-electron chi connectivity index (χ1n) is 8.35. The van der Waals surface area contributed by atoms with Gasteiger partial charge in [-0.1, -0.05) is 43.6 Å². The summed E-state index contributed by atoms with van der Waals surface area (Å²) in [6.45, 7) is 4.85. The molecule has 0 saturated carbocycles. The normalized spacial score (nSPS) is 12.2. The Hall–Kier alpha value is -2.11. The summed E-state index contributed by atoms with van der Waals surface area (Å²) < 4.78 is 1.48. The van der Waals surface area contributed by atoms with E-state index in [-0.39, 0.29) is 17.5 Å². The van der Waals surface area contributed by atoms with Gasteiger partial charge in [0.1, 0.15) is 0 Å². The van der Waals surface area contributed by atoms with Crippen LogP contribution in [0.2, 0.25) is 5.02 Å². The van der Waals surface area contributed by atoms with Crippen molar-refractivity contribution >= 4 is 17.5 Å². The molecule has 1 unspecified atom stereocenters. The third-order valence-electron chi connectivity index (χ3n) is 3.92. The number of halogens is 1. The molecule has 2 rings (SSSR count). The van der Waals surface area contributed by atoms with Gasteiger partial charge in [-0.2, -0.15) is 0 Å². The molecule has 134 valence electrons. The van der Waals surface area contributed by atoms with Gasteiger partial charge in [-0.15, -0.1) is 0 Å². The van der Waals surface area contributed by atoms with Gasteiger partial charge in [0.05, 0.1) is 12.1 Å². The lowest BCUT2D eigenvalue weighted by molar-refractivity contribution is 0.0933. The number of rotatable bonds is 7. The summed E-state index contributed by atoms with van der Waals surface area (Å²) in [5.41, 5.74) is 6.80. The number of nitrogens with zero attached hydrogens (tertiary/aromatic N) is 1. The number of carbonyl (C=O) groups excluding carboxylic acids is 1. The number of carbonyl (C=O) groups is 1. The Morgan fingerprint density at radius 1 is 1.24 bits per heavy atom. The van der Waals surface area contributed by atoms with E-state index in [1.54, 1.807) is 12.3 Å². The van der Waals surface area contributed by atoms with Crippen molar-refractivity contribution in [3.8, 4) is 0 Å². The number of aromatic nitrogens is 1. The molecule has 0 fully saturated rings. The molecule has 2 aromatic rings. The predicted octanol–water partition coefficient (Wildman–Crippen LogP) is 2.65. The quantitative estimate of drug-likeness (QED) is 0.795. The molecule has 5 nitrogen and oxygen atoms in total. The van der Waals surface area contributed by atoms with Gasteiger partial charge in [-0.25, -0.2) is 0 Å². The molecule has 1 atom stereocenters. The summed E-state index contributed by atoms with van der Waals surface area (Å²) in [5.74, 6) is 0.201. The number of pyridine rings is 1. The van der Waals surface area contributed by atoms with Crippen LogP contribution < -0.4 is 16.6 Å². The van der Waals surface area contributed by atoms with Gasteiger partial charge in [-0.05, 0) is 30.0 Å². The summed E-state index contributed by atoms with van der Waals surface area (Å²) >= 11 is 6.16. The lowest BCUT2D eigenvalue weighted by Gasteiger charge is -2.19. The van der Waals surface area contributed by atoms with Crippen molar-refractivity contribution in [1.82, 2.24) is 9.88 Å². The average molecular weight is 362 g/mol. The van der Waals surface area contributed by atoms with Crippen LogP contribution in [0.25, 0.3) is 0 Å². The number of hydrogen-bond acceptors (Lipinski definition) is 3. The number of nitrogens with two attached hydrogens (primary N) is 1. The first-order valence-corrected chi connectivity index (χ1v) is 8.73. The highest BCUT2D eigenvalue weighted by atomic mass is 35.5. The molecular weight excluding hydrogens is 338 g/mol. The molecule has 25 heavy (non-hydrogen) atoms. The summed E-state index contributed by atoms with van der Waals surface area (Å²) in [5, 5.41) is 3.52. The molecule has 0 aliphatic carbocycles. The van der Waals surface area contributed by atoms with Gasteiger partial charge in [0.2, 0.25) is 0 Å². The summed E-state index contributed by atoms with van der Waals surface area (Å²) in [6.07, 6.45) is 2.37. The van der Waals surface area contributed by atoms with Crippen LogP contribution in [0.1, 0.15) is 36.2 Å². The SMILES string of the molecule is CC(C)CC(CN)NC(=O)c1ccc(=O)n(Cc2ccccc2Cl)c1. The molecule has 0 aliphatic rings. The zero-order valence-corrected chi connectivity index (χ0v) is 15.3. The van der Waals surface area contributed by atoms with E-state index >= 15 is 0 Å². The smallest absolute Gasteiger partial charge is 0.253 e. The molecule has 1 aromatic heterocycles.